The normalized spacial score (nSPS) is 9.43. The fourth-order valence-electron chi connectivity index (χ4n) is 1.000. The molecule has 1 heterocycles. The minimum Gasteiger partial charge on any atom is -0.343 e. The van der Waals surface area contributed by atoms with E-state index in [1.54, 1.807) is 35.2 Å². The van der Waals surface area contributed by atoms with Gasteiger partial charge in [-0.15, -0.1) is 0 Å². The smallest absolute Gasteiger partial charge is 0.242 e. The van der Waals surface area contributed by atoms with Crippen molar-refractivity contribution in [1.29, 1.82) is 5.26 Å². The molecule has 0 aliphatic rings. The molecule has 0 fully saturated rings. The maximum absolute atomic E-state index is 11.5. The highest BCUT2D eigenvalue weighted by Crippen LogP contribution is 1.92. The highest BCUT2D eigenvalue weighted by Gasteiger charge is 2.07. The molecule has 0 unspecified atom stereocenters. The topological polar surface area (TPSA) is 61.9 Å². The fourth-order valence-corrected chi connectivity index (χ4v) is 1.000. The van der Waals surface area contributed by atoms with Gasteiger partial charge in [-0.3, -0.25) is 4.79 Å². The van der Waals surface area contributed by atoms with Gasteiger partial charge in [-0.1, -0.05) is 0 Å². The highest BCUT2D eigenvalue weighted by molar-refractivity contribution is 5.75. The van der Waals surface area contributed by atoms with Crippen molar-refractivity contribution in [3.05, 3.63) is 18.7 Å². The fraction of sp³-hybridized carbons (Fsp3) is 0.444. The second-order valence-electron chi connectivity index (χ2n) is 2.96. The third-order valence-electron chi connectivity index (χ3n) is 1.86. The van der Waals surface area contributed by atoms with Crippen LogP contribution < -0.4 is 0 Å². The Balaban J connectivity index is 2.39. The number of rotatable bonds is 4. The summed E-state index contributed by atoms with van der Waals surface area (Å²) in [6.45, 7) is 0.756. The minimum absolute atomic E-state index is 0.0155. The lowest BCUT2D eigenvalue weighted by Crippen LogP contribution is -2.30. The Labute approximate surface area is 82.6 Å². The van der Waals surface area contributed by atoms with Crippen molar-refractivity contribution >= 4 is 5.91 Å². The first-order chi connectivity index (χ1) is 6.74. The van der Waals surface area contributed by atoms with E-state index >= 15 is 0 Å². The molecule has 0 saturated heterocycles. The molecule has 1 aromatic rings. The lowest BCUT2D eigenvalue weighted by atomic mass is 10.4. The molecule has 0 bridgehead atoms. The standard InChI is InChI=1S/C9H12N4O/c1-12(5-2-3-10)9(14)7-13-6-4-11-8-13/h4,6,8H,2,5,7H2,1H3. The zero-order chi connectivity index (χ0) is 10.4. The largest absolute Gasteiger partial charge is 0.343 e. The summed E-state index contributed by atoms with van der Waals surface area (Å²) in [6.07, 6.45) is 5.32. The Hall–Kier alpha value is -1.83. The second-order valence-corrected chi connectivity index (χ2v) is 2.96. The van der Waals surface area contributed by atoms with Crippen LogP contribution in [0.15, 0.2) is 18.7 Å². The van der Waals surface area contributed by atoms with E-state index < -0.39 is 0 Å². The summed E-state index contributed by atoms with van der Waals surface area (Å²) in [5.41, 5.74) is 0. The van der Waals surface area contributed by atoms with Crippen molar-refractivity contribution < 1.29 is 4.79 Å². The van der Waals surface area contributed by atoms with Crippen LogP contribution in [-0.2, 0) is 11.3 Å². The number of aromatic nitrogens is 2. The first-order valence-electron chi connectivity index (χ1n) is 4.30. The number of carbonyl (C=O) groups excluding carboxylic acids is 1. The first-order valence-corrected chi connectivity index (χ1v) is 4.30. The predicted molar refractivity (Wildman–Crippen MR) is 50.1 cm³/mol. The van der Waals surface area contributed by atoms with Crippen LogP contribution in [0.4, 0.5) is 0 Å². The first kappa shape index (κ1) is 10.3. The molecule has 0 aliphatic carbocycles. The zero-order valence-corrected chi connectivity index (χ0v) is 8.05. The number of hydrogen-bond acceptors (Lipinski definition) is 3. The summed E-state index contributed by atoms with van der Waals surface area (Å²) in [7, 11) is 1.69. The second kappa shape index (κ2) is 5.02. The minimum atomic E-state index is -0.0155. The zero-order valence-electron chi connectivity index (χ0n) is 8.05. The Kier molecular flexibility index (Phi) is 3.68. The van der Waals surface area contributed by atoms with E-state index in [1.165, 1.54) is 0 Å². The molecule has 0 atom stereocenters. The predicted octanol–water partition coefficient (Wildman–Crippen LogP) is 0.255. The van der Waals surface area contributed by atoms with E-state index in [4.69, 9.17) is 5.26 Å². The SMILES string of the molecule is CN(CCC#N)C(=O)Cn1ccnc1. The van der Waals surface area contributed by atoms with Gasteiger partial charge in [-0.25, -0.2) is 4.98 Å². The van der Waals surface area contributed by atoms with Crippen molar-refractivity contribution in [1.82, 2.24) is 14.5 Å². The number of imidazole rings is 1. The van der Waals surface area contributed by atoms with Crippen LogP contribution >= 0.6 is 0 Å². The van der Waals surface area contributed by atoms with Gasteiger partial charge in [-0.2, -0.15) is 5.26 Å². The molecule has 1 aromatic heterocycles. The van der Waals surface area contributed by atoms with E-state index in [1.807, 2.05) is 6.07 Å². The van der Waals surface area contributed by atoms with Gasteiger partial charge in [0.25, 0.3) is 0 Å². The van der Waals surface area contributed by atoms with E-state index in [0.29, 0.717) is 13.0 Å². The van der Waals surface area contributed by atoms with Gasteiger partial charge in [-0.05, 0) is 0 Å². The summed E-state index contributed by atoms with van der Waals surface area (Å²) < 4.78 is 1.70. The van der Waals surface area contributed by atoms with Crippen LogP contribution in [0.1, 0.15) is 6.42 Å². The van der Waals surface area contributed by atoms with E-state index in [9.17, 15) is 4.79 Å². The third kappa shape index (κ3) is 2.90. The molecule has 14 heavy (non-hydrogen) atoms. The average Bonchev–Trinajstić information content (AvgIpc) is 2.66. The number of amides is 1. The Morgan fingerprint density at radius 2 is 2.50 bits per heavy atom. The van der Waals surface area contributed by atoms with Crippen molar-refractivity contribution in [2.45, 2.75) is 13.0 Å². The maximum atomic E-state index is 11.5. The molecule has 0 spiro atoms. The molecular weight excluding hydrogens is 180 g/mol. The number of carbonyl (C=O) groups is 1. The van der Waals surface area contributed by atoms with Crippen molar-refractivity contribution in [3.63, 3.8) is 0 Å². The average molecular weight is 192 g/mol. The summed E-state index contributed by atoms with van der Waals surface area (Å²) in [5, 5.41) is 8.35. The quantitative estimate of drug-likeness (QED) is 0.687. The van der Waals surface area contributed by atoms with Gasteiger partial charge < -0.3 is 9.47 Å². The van der Waals surface area contributed by atoms with Crippen LogP contribution in [0.3, 0.4) is 0 Å². The third-order valence-corrected chi connectivity index (χ3v) is 1.86. The van der Waals surface area contributed by atoms with Crippen LogP contribution in [0.2, 0.25) is 0 Å². The molecule has 0 aliphatic heterocycles. The van der Waals surface area contributed by atoms with Crippen molar-refractivity contribution in [3.8, 4) is 6.07 Å². The lowest BCUT2D eigenvalue weighted by Gasteiger charge is -2.15. The molecule has 0 saturated carbocycles. The van der Waals surface area contributed by atoms with E-state index in [2.05, 4.69) is 4.98 Å². The molecule has 0 N–H and O–H groups in total. The van der Waals surface area contributed by atoms with Gasteiger partial charge >= 0.3 is 0 Å². The van der Waals surface area contributed by atoms with Gasteiger partial charge in [0.2, 0.25) is 5.91 Å². The molecule has 1 rings (SSSR count). The maximum Gasteiger partial charge on any atom is 0.242 e. The Bertz CT molecular complexity index is 325. The molecule has 0 radical (unpaired) electrons. The Morgan fingerprint density at radius 3 is 3.07 bits per heavy atom. The van der Waals surface area contributed by atoms with Crippen LogP contribution in [0.25, 0.3) is 0 Å². The van der Waals surface area contributed by atoms with Crippen LogP contribution in [-0.4, -0.2) is 34.0 Å². The molecule has 5 nitrogen and oxygen atoms in total. The van der Waals surface area contributed by atoms with Crippen LogP contribution in [0.5, 0.6) is 0 Å². The van der Waals surface area contributed by atoms with Gasteiger partial charge in [0.15, 0.2) is 0 Å². The summed E-state index contributed by atoms with van der Waals surface area (Å²) in [4.78, 5) is 16.9. The molecule has 1 amide bonds. The molecule has 74 valence electrons. The molecule has 0 aromatic carbocycles. The molecule has 5 heteroatoms. The van der Waals surface area contributed by atoms with E-state index in [0.717, 1.165) is 0 Å². The van der Waals surface area contributed by atoms with Gasteiger partial charge in [0.1, 0.15) is 6.54 Å². The van der Waals surface area contributed by atoms with Crippen molar-refractivity contribution in [2.75, 3.05) is 13.6 Å². The monoisotopic (exact) mass is 192 g/mol. The lowest BCUT2D eigenvalue weighted by molar-refractivity contribution is -0.130. The number of nitriles is 1. The number of nitrogens with zero attached hydrogens (tertiary/aromatic N) is 4. The van der Waals surface area contributed by atoms with E-state index in [-0.39, 0.29) is 12.5 Å². The van der Waals surface area contributed by atoms with Crippen molar-refractivity contribution in [2.24, 2.45) is 0 Å². The van der Waals surface area contributed by atoms with Gasteiger partial charge in [0, 0.05) is 26.0 Å². The molecular formula is C9H12N4O. The summed E-state index contributed by atoms with van der Waals surface area (Å²) >= 11 is 0. The number of hydrogen-bond donors (Lipinski definition) is 0. The van der Waals surface area contributed by atoms with Crippen LogP contribution in [0, 0.1) is 11.3 Å². The van der Waals surface area contributed by atoms with Gasteiger partial charge in [0.05, 0.1) is 18.8 Å². The number of likely N-dealkylation sites (N-methyl/N-ethyl adjacent to an activating group) is 1. The summed E-state index contributed by atoms with van der Waals surface area (Å²) in [6, 6.07) is 2.00. The Morgan fingerprint density at radius 1 is 1.71 bits per heavy atom. The summed E-state index contributed by atoms with van der Waals surface area (Å²) in [5.74, 6) is -0.0155. The highest BCUT2D eigenvalue weighted by atomic mass is 16.2.